The summed E-state index contributed by atoms with van der Waals surface area (Å²) in [7, 11) is 1.58. The summed E-state index contributed by atoms with van der Waals surface area (Å²) in [4.78, 5) is 53.0. The maximum absolute atomic E-state index is 12.6. The molecule has 9 heteroatoms. The maximum atomic E-state index is 12.6. The van der Waals surface area contributed by atoms with Gasteiger partial charge in [-0.1, -0.05) is 30.3 Å². The number of aromatic nitrogens is 2. The first kappa shape index (κ1) is 19.0. The second-order valence-corrected chi connectivity index (χ2v) is 6.50. The summed E-state index contributed by atoms with van der Waals surface area (Å²) in [5.74, 6) is -0.183. The number of nitrogens with zero attached hydrogens (tertiary/aromatic N) is 2. The van der Waals surface area contributed by atoms with E-state index in [9.17, 15) is 24.5 Å². The molecule has 9 nitrogen and oxygen atoms in total. The number of amides is 1. The Hall–Kier alpha value is -3.75. The lowest BCUT2D eigenvalue weighted by Crippen LogP contribution is -2.31. The fourth-order valence-corrected chi connectivity index (χ4v) is 3.03. The van der Waals surface area contributed by atoms with Crippen LogP contribution >= 0.6 is 0 Å². The number of rotatable bonds is 5. The normalized spacial score (nSPS) is 10.8. The largest absolute Gasteiger partial charge is 0.341 e. The lowest BCUT2D eigenvalue weighted by atomic mass is 10.0. The Labute approximate surface area is 158 Å². The molecular formula is C19H18N4O5. The third-order valence-corrected chi connectivity index (χ3v) is 4.60. The smallest absolute Gasteiger partial charge is 0.314 e. The Morgan fingerprint density at radius 2 is 1.79 bits per heavy atom. The Bertz CT molecular complexity index is 1180. The second kappa shape index (κ2) is 7.47. The molecule has 0 aliphatic carbocycles. The molecule has 0 atom stereocenters. The molecule has 0 saturated heterocycles. The van der Waals surface area contributed by atoms with Crippen molar-refractivity contribution in [2.75, 3.05) is 7.05 Å². The number of nitrogens with one attached hydrogen (secondary N) is 2. The predicted molar refractivity (Wildman–Crippen MR) is 103 cm³/mol. The number of fused-ring (bicyclic) bond motifs is 1. The van der Waals surface area contributed by atoms with E-state index in [0.717, 1.165) is 5.56 Å². The van der Waals surface area contributed by atoms with Gasteiger partial charge in [0.05, 0.1) is 22.4 Å². The average Bonchev–Trinajstić information content (AvgIpc) is 2.65. The summed E-state index contributed by atoms with van der Waals surface area (Å²) in [6, 6.07) is 10.4. The third kappa shape index (κ3) is 3.68. The first-order valence-electron chi connectivity index (χ1n) is 8.49. The molecule has 0 radical (unpaired) electrons. The van der Waals surface area contributed by atoms with Gasteiger partial charge >= 0.3 is 11.1 Å². The van der Waals surface area contributed by atoms with Gasteiger partial charge in [0.15, 0.2) is 0 Å². The monoisotopic (exact) mass is 382 g/mol. The highest BCUT2D eigenvalue weighted by Crippen LogP contribution is 2.28. The van der Waals surface area contributed by atoms with Crippen molar-refractivity contribution in [1.29, 1.82) is 0 Å². The van der Waals surface area contributed by atoms with Crippen molar-refractivity contribution in [3.05, 3.63) is 83.9 Å². The van der Waals surface area contributed by atoms with Gasteiger partial charge in [-0.15, -0.1) is 0 Å². The summed E-state index contributed by atoms with van der Waals surface area (Å²) in [5, 5.41) is 11.4. The van der Waals surface area contributed by atoms with E-state index in [2.05, 4.69) is 9.97 Å². The zero-order valence-electron chi connectivity index (χ0n) is 15.3. The first-order chi connectivity index (χ1) is 13.3. The van der Waals surface area contributed by atoms with Crippen LogP contribution in [0.5, 0.6) is 0 Å². The van der Waals surface area contributed by atoms with Gasteiger partial charge in [-0.25, -0.2) is 0 Å². The maximum Gasteiger partial charge on any atom is 0.314 e. The summed E-state index contributed by atoms with van der Waals surface area (Å²) in [6.45, 7) is 1.59. The number of nitro benzene ring substituents is 1. The van der Waals surface area contributed by atoms with Crippen molar-refractivity contribution in [1.82, 2.24) is 14.9 Å². The van der Waals surface area contributed by atoms with Crippen LogP contribution < -0.4 is 11.1 Å². The van der Waals surface area contributed by atoms with Gasteiger partial charge in [-0.05, 0) is 12.5 Å². The van der Waals surface area contributed by atoms with Crippen LogP contribution in [0.2, 0.25) is 0 Å². The number of H-pyrrole nitrogens is 2. The van der Waals surface area contributed by atoms with Gasteiger partial charge in [0.25, 0.3) is 5.69 Å². The van der Waals surface area contributed by atoms with Gasteiger partial charge in [0.2, 0.25) is 5.91 Å². The number of hydrogen-bond donors (Lipinski definition) is 2. The molecule has 0 unspecified atom stereocenters. The molecule has 28 heavy (non-hydrogen) atoms. The highest BCUT2D eigenvalue weighted by Gasteiger charge is 2.22. The van der Waals surface area contributed by atoms with Gasteiger partial charge in [0.1, 0.15) is 0 Å². The highest BCUT2D eigenvalue weighted by atomic mass is 16.6. The Kier molecular flexibility index (Phi) is 5.08. The van der Waals surface area contributed by atoms with E-state index in [-0.39, 0.29) is 35.6 Å². The van der Waals surface area contributed by atoms with Crippen molar-refractivity contribution in [3.63, 3.8) is 0 Å². The topological polar surface area (TPSA) is 129 Å². The van der Waals surface area contributed by atoms with Gasteiger partial charge in [-0.3, -0.25) is 24.5 Å². The quantitative estimate of drug-likeness (QED) is 0.394. The van der Waals surface area contributed by atoms with Crippen molar-refractivity contribution in [2.45, 2.75) is 19.9 Å². The lowest BCUT2D eigenvalue weighted by Gasteiger charge is -2.20. The van der Waals surface area contributed by atoms with Crippen molar-refractivity contribution < 1.29 is 9.72 Å². The van der Waals surface area contributed by atoms with Gasteiger partial charge in [-0.2, -0.15) is 0 Å². The Morgan fingerprint density at radius 1 is 1.14 bits per heavy atom. The van der Waals surface area contributed by atoms with E-state index >= 15 is 0 Å². The fourth-order valence-electron chi connectivity index (χ4n) is 3.03. The van der Waals surface area contributed by atoms with Crippen LogP contribution in [-0.2, 0) is 17.8 Å². The van der Waals surface area contributed by atoms with Crippen LogP contribution in [0.25, 0.3) is 11.0 Å². The zero-order valence-corrected chi connectivity index (χ0v) is 15.3. The average molecular weight is 382 g/mol. The minimum Gasteiger partial charge on any atom is -0.341 e. The summed E-state index contributed by atoms with van der Waals surface area (Å²) in [6.07, 6.45) is 0.177. The Balaban J connectivity index is 2.03. The predicted octanol–water partition coefficient (Wildman–Crippen LogP) is 1.63. The standard InChI is InChI=1S/C19H18N4O5/c1-11-13(10-22(2)16(24)8-12-6-4-3-5-7-12)17-14(9-15(11)23(27)28)20-18(25)19(26)21-17/h3-7,9H,8,10H2,1-2H3,(H,20,25)(H,21,26). The number of benzene rings is 2. The number of nitro groups is 1. The minimum absolute atomic E-state index is 0.0393. The molecule has 0 aliphatic rings. The van der Waals surface area contributed by atoms with E-state index in [4.69, 9.17) is 0 Å². The number of carbonyl (C=O) groups excluding carboxylic acids is 1. The molecule has 0 saturated carbocycles. The molecule has 0 fully saturated rings. The molecule has 0 spiro atoms. The van der Waals surface area contributed by atoms with Crippen LogP contribution in [0.1, 0.15) is 16.7 Å². The molecule has 3 rings (SSSR count). The second-order valence-electron chi connectivity index (χ2n) is 6.50. The molecule has 1 amide bonds. The van der Waals surface area contributed by atoms with Crippen LogP contribution in [0.15, 0.2) is 46.0 Å². The SMILES string of the molecule is Cc1c([N+](=O)[O-])cc2[nH]c(=O)c(=O)[nH]c2c1CN(C)C(=O)Cc1ccccc1. The summed E-state index contributed by atoms with van der Waals surface area (Å²) in [5.41, 5.74) is 0.0195. The molecule has 0 bridgehead atoms. The van der Waals surface area contributed by atoms with Crippen LogP contribution in [0, 0.1) is 17.0 Å². The van der Waals surface area contributed by atoms with Crippen molar-refractivity contribution in [3.8, 4) is 0 Å². The van der Waals surface area contributed by atoms with E-state index in [0.29, 0.717) is 11.1 Å². The van der Waals surface area contributed by atoms with Crippen LogP contribution in [-0.4, -0.2) is 32.7 Å². The fraction of sp³-hybridized carbons (Fsp3) is 0.211. The minimum atomic E-state index is -0.898. The van der Waals surface area contributed by atoms with E-state index in [1.54, 1.807) is 14.0 Å². The molecule has 144 valence electrons. The highest BCUT2D eigenvalue weighted by molar-refractivity contribution is 5.84. The van der Waals surface area contributed by atoms with Gasteiger partial charge < -0.3 is 14.9 Å². The van der Waals surface area contributed by atoms with Crippen molar-refractivity contribution in [2.24, 2.45) is 0 Å². The molecule has 2 N–H and O–H groups in total. The van der Waals surface area contributed by atoms with Crippen LogP contribution in [0.3, 0.4) is 0 Å². The molecule has 3 aromatic rings. The number of hydrogen-bond acceptors (Lipinski definition) is 5. The van der Waals surface area contributed by atoms with E-state index < -0.39 is 16.0 Å². The molecule has 1 aromatic heterocycles. The molecule has 2 aromatic carbocycles. The molecular weight excluding hydrogens is 364 g/mol. The third-order valence-electron chi connectivity index (χ3n) is 4.60. The van der Waals surface area contributed by atoms with E-state index in [1.165, 1.54) is 11.0 Å². The summed E-state index contributed by atoms with van der Waals surface area (Å²) < 4.78 is 0. The molecule has 1 heterocycles. The molecule has 0 aliphatic heterocycles. The van der Waals surface area contributed by atoms with Gasteiger partial charge in [0, 0.05) is 30.8 Å². The zero-order chi connectivity index (χ0) is 20.4. The number of carbonyl (C=O) groups is 1. The lowest BCUT2D eigenvalue weighted by molar-refractivity contribution is -0.385. The number of aromatic amines is 2. The van der Waals surface area contributed by atoms with E-state index in [1.807, 2.05) is 30.3 Å². The van der Waals surface area contributed by atoms with Crippen LogP contribution in [0.4, 0.5) is 5.69 Å². The first-order valence-corrected chi connectivity index (χ1v) is 8.49. The Morgan fingerprint density at radius 3 is 2.43 bits per heavy atom. The number of likely N-dealkylation sites (N-methyl/N-ethyl adjacent to an activating group) is 1. The van der Waals surface area contributed by atoms with Crippen molar-refractivity contribution >= 4 is 22.6 Å². The summed E-state index contributed by atoms with van der Waals surface area (Å²) >= 11 is 0.